The van der Waals surface area contributed by atoms with Crippen LogP contribution in [0.4, 0.5) is 51.2 Å². The molecular formula is C132H135N3O3. The zero-order valence-corrected chi connectivity index (χ0v) is 80.9. The van der Waals surface area contributed by atoms with Gasteiger partial charge in [0.25, 0.3) is 0 Å². The lowest BCUT2D eigenvalue weighted by molar-refractivity contribution is -0.00531. The van der Waals surface area contributed by atoms with Crippen LogP contribution in [0, 0.1) is 107 Å². The predicted molar refractivity (Wildman–Crippen MR) is 564 cm³/mol. The molecule has 0 N–H and O–H groups in total. The van der Waals surface area contributed by atoms with Crippen LogP contribution in [0.5, 0.6) is 0 Å². The Bertz CT molecular complexity index is 6780. The van der Waals surface area contributed by atoms with Crippen molar-refractivity contribution >= 4 is 117 Å². The lowest BCUT2D eigenvalue weighted by atomic mass is 9.48. The zero-order valence-electron chi connectivity index (χ0n) is 80.9. The smallest absolute Gasteiger partial charge is 0.137 e. The molecule has 138 heavy (non-hydrogen) atoms. The number of para-hydroxylation sites is 3. The second-order valence-electron chi connectivity index (χ2n) is 51.3. The van der Waals surface area contributed by atoms with Crippen molar-refractivity contribution in [1.82, 2.24) is 0 Å². The first-order valence-electron chi connectivity index (χ1n) is 55.5. The van der Waals surface area contributed by atoms with Gasteiger partial charge in [0.2, 0.25) is 0 Å². The van der Waals surface area contributed by atoms with Gasteiger partial charge in [-0.1, -0.05) is 133 Å². The zero-order chi connectivity index (χ0) is 90.1. The van der Waals surface area contributed by atoms with Crippen LogP contribution in [0.3, 0.4) is 0 Å². The predicted octanol–water partition coefficient (Wildman–Crippen LogP) is 36.0. The van der Waals surface area contributed by atoms with Gasteiger partial charge in [-0.05, 0) is 537 Å². The second kappa shape index (κ2) is 31.0. The van der Waals surface area contributed by atoms with Crippen molar-refractivity contribution in [3.8, 4) is 0 Å². The topological polar surface area (TPSA) is 49.1 Å². The molecule has 15 aromatic rings. The van der Waals surface area contributed by atoms with Crippen molar-refractivity contribution in [3.63, 3.8) is 0 Å². The fraction of sp³-hybridized carbons (Fsp3) is 0.455. The molecule has 0 saturated heterocycles. The van der Waals surface area contributed by atoms with Crippen LogP contribution in [0.1, 0.15) is 265 Å². The summed E-state index contributed by atoms with van der Waals surface area (Å²) in [5.41, 5.74) is 28.9. The van der Waals surface area contributed by atoms with E-state index in [1.807, 2.05) is 0 Å². The highest BCUT2D eigenvalue weighted by molar-refractivity contribution is 6.14. The molecule has 0 unspecified atom stereocenters. The Hall–Kier alpha value is -10.6. The Balaban J connectivity index is 0.0000000959. The largest absolute Gasteiger partial charge is 0.456 e. The molecule has 24 saturated carbocycles. The molecule has 24 aliphatic rings. The minimum Gasteiger partial charge on any atom is -0.456 e. The normalized spacial score (nSPS) is 35.4. The molecule has 6 nitrogen and oxygen atoms in total. The van der Waals surface area contributed by atoms with Crippen LogP contribution in [0.25, 0.3) is 65.8 Å². The lowest BCUT2D eigenvalue weighted by Crippen LogP contribution is -2.48. The Morgan fingerprint density at radius 2 is 0.370 bits per heavy atom. The van der Waals surface area contributed by atoms with Crippen LogP contribution in [-0.4, -0.2) is 0 Å². The summed E-state index contributed by atoms with van der Waals surface area (Å²) in [5, 5.41) is 7.15. The molecule has 24 aliphatic carbocycles. The molecule has 0 aliphatic heterocycles. The fourth-order valence-electron chi connectivity index (χ4n) is 39.5. The summed E-state index contributed by atoms with van der Waals surface area (Å²) in [6.07, 6.45) is 52.3. The van der Waals surface area contributed by atoms with E-state index in [2.05, 4.69) is 288 Å². The standard InChI is InChI=1S/3C44H45NO/c1-2-6-40-38(4-1)42-39(5-3-7-41(42)46-40)45(36-12-8-34(9-13-36)43-22-28-16-29(23-43)18-30(17-28)24-43)37-14-10-35(11-15-37)44-25-31-19-32(26-44)21-33(20-31)27-44;1-2-4-41-39(3-1)40-21-38(13-14-42(40)46-41)45(36-9-5-34(6-10-36)43-22-28-15-29(23-43)17-30(16-28)24-43)37-11-7-35(8-12-37)44-25-31-18-32(26-44)20-33(19-31)27-44;1-2-4-41-39(3-1)40-14-13-38(21-42(40)46-41)45(36-9-5-34(6-10-36)43-22-28-15-29(23-43)17-30(16-28)24-43)37-11-7-35(8-12-37)44-25-31-18-32(26-44)20-33(19-31)27-44/h1-15,28-33H,16-27H2;2*1-14,21,28-33H,15-20,22-27H2. The van der Waals surface area contributed by atoms with Gasteiger partial charge in [0.1, 0.15) is 33.5 Å². The molecule has 3 aromatic heterocycles. The van der Waals surface area contributed by atoms with Gasteiger partial charge in [-0.15, -0.1) is 0 Å². The van der Waals surface area contributed by atoms with Crippen LogP contribution in [0.15, 0.2) is 286 Å². The van der Waals surface area contributed by atoms with Crippen LogP contribution >= 0.6 is 0 Å². The van der Waals surface area contributed by atoms with E-state index in [-0.39, 0.29) is 0 Å². The molecule has 24 bridgehead atoms. The van der Waals surface area contributed by atoms with Crippen LogP contribution in [0.2, 0.25) is 0 Å². The van der Waals surface area contributed by atoms with E-state index < -0.39 is 0 Å². The first kappa shape index (κ1) is 82.2. The molecule has 3 heterocycles. The summed E-state index contributed by atoms with van der Waals surface area (Å²) in [5.74, 6) is 17.3. The number of fused-ring (bicyclic) bond motifs is 9. The van der Waals surface area contributed by atoms with Gasteiger partial charge < -0.3 is 28.0 Å². The summed E-state index contributed by atoms with van der Waals surface area (Å²) < 4.78 is 19.0. The lowest BCUT2D eigenvalue weighted by Gasteiger charge is -2.57. The average molecular weight is 1810 g/mol. The fourth-order valence-corrected chi connectivity index (χ4v) is 39.5. The van der Waals surface area contributed by atoms with Gasteiger partial charge in [0.05, 0.1) is 11.1 Å². The minimum atomic E-state index is 0.415. The SMILES string of the molecule is c1ccc2c(c1)oc1cc(N(c3ccc(C45CC6CC(CC(C6)C4)C5)cc3)c3ccc(C45CC6CC(CC(C6)C4)C5)cc3)ccc12.c1ccc2c(c1)oc1ccc(N(c3ccc(C45CC6CC(CC(C6)C4)C5)cc3)c3ccc(C45CC6CC(CC(C6)C4)C5)cc3)cc12.c1ccc2c(c1)oc1cccc(N(c3ccc(C45CC6CC(CC(C6)C4)C5)cc3)c3ccc(C45CC6CC(CC(C6)C4)C5)cc3)c12. The van der Waals surface area contributed by atoms with Gasteiger partial charge in [0, 0.05) is 78.5 Å². The maximum absolute atomic E-state index is 6.40. The van der Waals surface area contributed by atoms with Gasteiger partial charge >= 0.3 is 0 Å². The van der Waals surface area contributed by atoms with E-state index in [1.165, 1.54) is 309 Å². The molecular weight excluding hydrogens is 1680 g/mol. The Kier molecular flexibility index (Phi) is 18.4. The molecule has 0 spiro atoms. The third-order valence-corrected chi connectivity index (χ3v) is 42.5. The summed E-state index contributed by atoms with van der Waals surface area (Å²) in [4.78, 5) is 7.48. The van der Waals surface area contributed by atoms with Crippen molar-refractivity contribution in [2.45, 2.75) is 264 Å². The Labute approximate surface area is 815 Å². The Morgan fingerprint density at radius 1 is 0.159 bits per heavy atom. The molecule has 39 rings (SSSR count). The van der Waals surface area contributed by atoms with Crippen molar-refractivity contribution in [2.24, 2.45) is 107 Å². The number of furan rings is 3. The monoisotopic (exact) mass is 1810 g/mol. The van der Waals surface area contributed by atoms with Gasteiger partial charge in [-0.3, -0.25) is 0 Å². The average Bonchev–Trinajstić information content (AvgIpc) is 0.931. The minimum absolute atomic E-state index is 0.415. The second-order valence-corrected chi connectivity index (χ2v) is 51.3. The van der Waals surface area contributed by atoms with E-state index in [9.17, 15) is 0 Å². The molecule has 0 radical (unpaired) electrons. The van der Waals surface area contributed by atoms with E-state index in [0.717, 1.165) is 146 Å². The van der Waals surface area contributed by atoms with E-state index in [0.29, 0.717) is 32.5 Å². The first-order valence-corrected chi connectivity index (χ1v) is 55.5. The van der Waals surface area contributed by atoms with Gasteiger partial charge in [-0.25, -0.2) is 0 Å². The van der Waals surface area contributed by atoms with Crippen molar-refractivity contribution < 1.29 is 13.3 Å². The van der Waals surface area contributed by atoms with Crippen LogP contribution in [-0.2, 0) is 32.5 Å². The highest BCUT2D eigenvalue weighted by Crippen LogP contribution is 2.69. The molecule has 12 aromatic carbocycles. The van der Waals surface area contributed by atoms with Crippen molar-refractivity contribution in [3.05, 3.63) is 306 Å². The quantitative estimate of drug-likeness (QED) is 0.102. The number of anilines is 9. The Morgan fingerprint density at radius 3 is 0.674 bits per heavy atom. The van der Waals surface area contributed by atoms with E-state index >= 15 is 0 Å². The maximum Gasteiger partial charge on any atom is 0.137 e. The number of rotatable bonds is 15. The summed E-state index contributed by atoms with van der Waals surface area (Å²) >= 11 is 0. The third kappa shape index (κ3) is 13.4. The number of hydrogen-bond donors (Lipinski definition) is 0. The maximum atomic E-state index is 6.40. The van der Waals surface area contributed by atoms with Crippen molar-refractivity contribution in [2.75, 3.05) is 14.7 Å². The number of nitrogens with zero attached hydrogens (tertiary/aromatic N) is 3. The van der Waals surface area contributed by atoms with Gasteiger partial charge in [0.15, 0.2) is 0 Å². The summed E-state index contributed by atoms with van der Waals surface area (Å²) in [7, 11) is 0. The van der Waals surface area contributed by atoms with Gasteiger partial charge in [-0.2, -0.15) is 0 Å². The highest BCUT2D eigenvalue weighted by Gasteiger charge is 2.58. The van der Waals surface area contributed by atoms with E-state index in [4.69, 9.17) is 13.3 Å². The third-order valence-electron chi connectivity index (χ3n) is 42.5. The van der Waals surface area contributed by atoms with Crippen LogP contribution < -0.4 is 14.7 Å². The summed E-state index contributed by atoms with van der Waals surface area (Å²) in [6, 6.07) is 105. The highest BCUT2D eigenvalue weighted by atomic mass is 16.3. The first-order chi connectivity index (χ1) is 67.8. The summed E-state index contributed by atoms with van der Waals surface area (Å²) in [6.45, 7) is 0. The molecule has 0 amide bonds. The van der Waals surface area contributed by atoms with E-state index in [1.54, 1.807) is 33.4 Å². The number of benzene rings is 12. The number of hydrogen-bond acceptors (Lipinski definition) is 6. The molecule has 0 atom stereocenters. The van der Waals surface area contributed by atoms with Crippen molar-refractivity contribution in [1.29, 1.82) is 0 Å². The molecule has 696 valence electrons. The molecule has 6 heteroatoms. The molecule has 24 fully saturated rings.